The van der Waals surface area contributed by atoms with Crippen molar-refractivity contribution in [1.29, 1.82) is 0 Å². The van der Waals surface area contributed by atoms with Crippen molar-refractivity contribution in [2.75, 3.05) is 26.2 Å². The van der Waals surface area contributed by atoms with Crippen LogP contribution in [0.5, 0.6) is 0 Å². The van der Waals surface area contributed by atoms with Crippen LogP contribution in [-0.4, -0.2) is 41.8 Å². The molecule has 1 saturated heterocycles. The number of rotatable bonds is 4. The second-order valence-electron chi connectivity index (χ2n) is 3.46. The second kappa shape index (κ2) is 5.60. The van der Waals surface area contributed by atoms with Gasteiger partial charge in [0.15, 0.2) is 0 Å². The van der Waals surface area contributed by atoms with Gasteiger partial charge in [0.1, 0.15) is 0 Å². The van der Waals surface area contributed by atoms with E-state index < -0.39 is 0 Å². The molecular formula is C9H17BrN2O. The molecule has 0 radical (unpaired) electrons. The quantitative estimate of drug-likeness (QED) is 0.753. The van der Waals surface area contributed by atoms with E-state index in [0.717, 1.165) is 13.1 Å². The van der Waals surface area contributed by atoms with E-state index in [1.165, 1.54) is 25.9 Å². The molecule has 0 aromatic rings. The van der Waals surface area contributed by atoms with Crippen LogP contribution in [0, 0.1) is 0 Å². The largest absolute Gasteiger partial charge is 0.354 e. The van der Waals surface area contributed by atoms with E-state index in [0.29, 0.717) is 0 Å². The van der Waals surface area contributed by atoms with Crippen LogP contribution >= 0.6 is 15.9 Å². The lowest BCUT2D eigenvalue weighted by atomic mass is 10.4. The topological polar surface area (TPSA) is 32.3 Å². The number of halogens is 1. The summed E-state index contributed by atoms with van der Waals surface area (Å²) in [5.41, 5.74) is 0. The third kappa shape index (κ3) is 4.09. The van der Waals surface area contributed by atoms with E-state index in [2.05, 4.69) is 26.1 Å². The Balaban J connectivity index is 2.03. The Morgan fingerprint density at radius 3 is 2.69 bits per heavy atom. The van der Waals surface area contributed by atoms with E-state index >= 15 is 0 Å². The van der Waals surface area contributed by atoms with Crippen LogP contribution in [0.15, 0.2) is 0 Å². The predicted octanol–water partition coefficient (Wildman–Crippen LogP) is 0.982. The molecule has 1 N–H and O–H groups in total. The zero-order chi connectivity index (χ0) is 9.68. The van der Waals surface area contributed by atoms with Crippen molar-refractivity contribution < 1.29 is 4.79 Å². The number of nitrogens with one attached hydrogen (secondary N) is 1. The molecule has 1 aliphatic heterocycles. The third-order valence-electron chi connectivity index (χ3n) is 2.29. The lowest BCUT2D eigenvalue weighted by Gasteiger charge is -2.15. The van der Waals surface area contributed by atoms with Gasteiger partial charge < -0.3 is 10.2 Å². The molecule has 1 unspecified atom stereocenters. The van der Waals surface area contributed by atoms with E-state index in [-0.39, 0.29) is 10.7 Å². The fraction of sp³-hybridized carbons (Fsp3) is 0.889. The Hall–Kier alpha value is -0.0900. The number of amides is 1. The zero-order valence-corrected chi connectivity index (χ0v) is 9.64. The molecule has 1 rings (SSSR count). The number of hydrogen-bond donors (Lipinski definition) is 1. The standard InChI is InChI=1S/C9H17BrN2O/c1-8(10)9(13)11-4-7-12-5-2-3-6-12/h8H,2-7H2,1H3,(H,11,13). The van der Waals surface area contributed by atoms with Gasteiger partial charge >= 0.3 is 0 Å². The van der Waals surface area contributed by atoms with Gasteiger partial charge in [0.05, 0.1) is 4.83 Å². The lowest BCUT2D eigenvalue weighted by molar-refractivity contribution is -0.120. The number of nitrogens with zero attached hydrogens (tertiary/aromatic N) is 1. The highest BCUT2D eigenvalue weighted by Gasteiger charge is 2.12. The molecule has 1 heterocycles. The van der Waals surface area contributed by atoms with Crippen molar-refractivity contribution in [3.63, 3.8) is 0 Å². The molecular weight excluding hydrogens is 232 g/mol. The van der Waals surface area contributed by atoms with Gasteiger partial charge in [-0.3, -0.25) is 4.79 Å². The molecule has 0 aliphatic carbocycles. The number of likely N-dealkylation sites (tertiary alicyclic amines) is 1. The molecule has 1 amide bonds. The zero-order valence-electron chi connectivity index (χ0n) is 8.05. The Labute approximate surface area is 88.0 Å². The van der Waals surface area contributed by atoms with Crippen LogP contribution in [0.3, 0.4) is 0 Å². The first kappa shape index (κ1) is 11.0. The highest BCUT2D eigenvalue weighted by molar-refractivity contribution is 9.10. The molecule has 3 nitrogen and oxygen atoms in total. The van der Waals surface area contributed by atoms with Crippen molar-refractivity contribution in [3.05, 3.63) is 0 Å². The summed E-state index contributed by atoms with van der Waals surface area (Å²) in [5.74, 6) is 0.0826. The van der Waals surface area contributed by atoms with E-state index in [9.17, 15) is 4.79 Å². The van der Waals surface area contributed by atoms with Crippen molar-refractivity contribution in [2.24, 2.45) is 0 Å². The smallest absolute Gasteiger partial charge is 0.233 e. The first-order valence-electron chi connectivity index (χ1n) is 4.84. The summed E-state index contributed by atoms with van der Waals surface area (Å²) in [4.78, 5) is 13.5. The molecule has 0 aromatic heterocycles. The van der Waals surface area contributed by atoms with Crippen LogP contribution in [0.25, 0.3) is 0 Å². The maximum Gasteiger partial charge on any atom is 0.233 e. The Kier molecular flexibility index (Phi) is 4.73. The summed E-state index contributed by atoms with van der Waals surface area (Å²) in [7, 11) is 0. The van der Waals surface area contributed by atoms with Gasteiger partial charge in [-0.25, -0.2) is 0 Å². The third-order valence-corrected chi connectivity index (χ3v) is 2.70. The van der Waals surface area contributed by atoms with Gasteiger partial charge in [-0.2, -0.15) is 0 Å². The molecule has 13 heavy (non-hydrogen) atoms. The fourth-order valence-corrected chi connectivity index (χ4v) is 1.65. The summed E-state index contributed by atoms with van der Waals surface area (Å²) < 4.78 is 0. The minimum Gasteiger partial charge on any atom is -0.354 e. The van der Waals surface area contributed by atoms with Crippen LogP contribution in [-0.2, 0) is 4.79 Å². The molecule has 76 valence electrons. The lowest BCUT2D eigenvalue weighted by Crippen LogP contribution is -2.36. The maximum atomic E-state index is 11.1. The van der Waals surface area contributed by atoms with Gasteiger partial charge in [-0.15, -0.1) is 0 Å². The monoisotopic (exact) mass is 248 g/mol. The molecule has 1 atom stereocenters. The van der Waals surface area contributed by atoms with Gasteiger partial charge in [-0.1, -0.05) is 15.9 Å². The average molecular weight is 249 g/mol. The molecule has 1 fully saturated rings. The van der Waals surface area contributed by atoms with Crippen molar-refractivity contribution in [1.82, 2.24) is 10.2 Å². The van der Waals surface area contributed by atoms with Crippen molar-refractivity contribution in [3.8, 4) is 0 Å². The van der Waals surface area contributed by atoms with Gasteiger partial charge in [0.25, 0.3) is 0 Å². The Morgan fingerprint density at radius 1 is 1.54 bits per heavy atom. The normalized spacial score (nSPS) is 20.2. The van der Waals surface area contributed by atoms with E-state index in [1.54, 1.807) is 0 Å². The number of carbonyl (C=O) groups excluding carboxylic acids is 1. The average Bonchev–Trinajstić information content (AvgIpc) is 2.56. The predicted molar refractivity (Wildman–Crippen MR) is 57.1 cm³/mol. The molecule has 1 aliphatic rings. The van der Waals surface area contributed by atoms with Crippen LogP contribution in [0.1, 0.15) is 19.8 Å². The first-order chi connectivity index (χ1) is 6.20. The summed E-state index contributed by atoms with van der Waals surface area (Å²) in [6.45, 7) is 5.99. The van der Waals surface area contributed by atoms with Crippen molar-refractivity contribution >= 4 is 21.8 Å². The highest BCUT2D eigenvalue weighted by Crippen LogP contribution is 2.05. The minimum atomic E-state index is -0.0777. The number of carbonyl (C=O) groups is 1. The molecule has 4 heteroatoms. The molecule has 0 spiro atoms. The maximum absolute atomic E-state index is 11.1. The van der Waals surface area contributed by atoms with Crippen LogP contribution < -0.4 is 5.32 Å². The molecule has 0 bridgehead atoms. The SMILES string of the molecule is CC(Br)C(=O)NCCN1CCCC1. The summed E-state index contributed by atoms with van der Waals surface area (Å²) >= 11 is 3.23. The molecule has 0 aromatic carbocycles. The highest BCUT2D eigenvalue weighted by atomic mass is 79.9. The summed E-state index contributed by atoms with van der Waals surface area (Å²) in [5, 5.41) is 2.88. The van der Waals surface area contributed by atoms with Gasteiger partial charge in [0.2, 0.25) is 5.91 Å². The summed E-state index contributed by atoms with van der Waals surface area (Å²) in [6, 6.07) is 0. The Bertz CT molecular complexity index is 167. The van der Waals surface area contributed by atoms with Crippen LogP contribution in [0.2, 0.25) is 0 Å². The van der Waals surface area contributed by atoms with E-state index in [4.69, 9.17) is 0 Å². The minimum absolute atomic E-state index is 0.0777. The van der Waals surface area contributed by atoms with Crippen molar-refractivity contribution in [2.45, 2.75) is 24.6 Å². The van der Waals surface area contributed by atoms with Crippen LogP contribution in [0.4, 0.5) is 0 Å². The number of hydrogen-bond acceptors (Lipinski definition) is 2. The fourth-order valence-electron chi connectivity index (χ4n) is 1.48. The van der Waals surface area contributed by atoms with Gasteiger partial charge in [0, 0.05) is 13.1 Å². The number of alkyl halides is 1. The summed E-state index contributed by atoms with van der Waals surface area (Å²) in [6.07, 6.45) is 2.62. The Morgan fingerprint density at radius 2 is 2.15 bits per heavy atom. The first-order valence-corrected chi connectivity index (χ1v) is 5.76. The van der Waals surface area contributed by atoms with E-state index in [1.807, 2.05) is 6.92 Å². The molecule has 0 saturated carbocycles. The second-order valence-corrected chi connectivity index (χ2v) is 4.83. The van der Waals surface area contributed by atoms with Gasteiger partial charge in [-0.05, 0) is 32.9 Å².